The number of benzene rings is 1. The second-order valence-electron chi connectivity index (χ2n) is 7.00. The van der Waals surface area contributed by atoms with E-state index in [2.05, 4.69) is 5.32 Å². The van der Waals surface area contributed by atoms with Crippen molar-refractivity contribution >= 4 is 5.91 Å². The van der Waals surface area contributed by atoms with E-state index in [1.807, 2.05) is 6.92 Å². The second-order valence-corrected chi connectivity index (χ2v) is 7.00. The summed E-state index contributed by atoms with van der Waals surface area (Å²) in [5.74, 6) is -0.0522. The van der Waals surface area contributed by atoms with Gasteiger partial charge in [-0.3, -0.25) is 4.79 Å². The van der Waals surface area contributed by atoms with Crippen molar-refractivity contribution in [2.75, 3.05) is 32.7 Å². The Kier molecular flexibility index (Phi) is 4.78. The molecule has 6 nitrogen and oxygen atoms in total. The first kappa shape index (κ1) is 12.2. The molecule has 2 aliphatic heterocycles. The highest BCUT2D eigenvalue weighted by Gasteiger charge is 2.27. The van der Waals surface area contributed by atoms with Crippen molar-refractivity contribution < 1.29 is 33.1 Å². The van der Waals surface area contributed by atoms with Crippen molar-refractivity contribution in [1.82, 2.24) is 10.2 Å². The van der Waals surface area contributed by atoms with Crippen LogP contribution in [0.3, 0.4) is 0 Å². The predicted octanol–water partition coefficient (Wildman–Crippen LogP) is 3.43. The molecule has 0 unspecified atom stereocenters. The lowest BCUT2D eigenvalue weighted by Gasteiger charge is -2.29. The molecule has 1 aromatic rings. The maximum Gasteiger partial charge on any atom is 0.220 e. The highest BCUT2D eigenvalue weighted by atomic mass is 16.6. The Balaban J connectivity index is 2.01. The van der Waals surface area contributed by atoms with Crippen LogP contribution in [0.15, 0.2) is 18.2 Å². The Bertz CT molecular complexity index is 1010. The Hall–Kier alpha value is -1.79. The fraction of sp³-hybridized carbons (Fsp3) is 0.696. The van der Waals surface area contributed by atoms with Crippen LogP contribution < -0.4 is 14.8 Å². The number of carbonyl (C=O) groups is 1. The van der Waals surface area contributed by atoms with Gasteiger partial charge in [0.15, 0.2) is 11.5 Å². The van der Waals surface area contributed by atoms with Crippen LogP contribution >= 0.6 is 0 Å². The molecule has 1 amide bonds. The third-order valence-corrected chi connectivity index (χ3v) is 4.71. The Labute approximate surface area is 188 Å². The van der Waals surface area contributed by atoms with Crippen molar-refractivity contribution in [2.45, 2.75) is 70.3 Å². The van der Waals surface area contributed by atoms with Crippen LogP contribution in [0.1, 0.15) is 83.6 Å². The van der Waals surface area contributed by atoms with Gasteiger partial charge < -0.3 is 24.8 Å². The van der Waals surface area contributed by atoms with Crippen molar-refractivity contribution in [1.29, 1.82) is 0 Å². The van der Waals surface area contributed by atoms with Crippen molar-refractivity contribution in [3.05, 3.63) is 23.8 Å². The van der Waals surface area contributed by atoms with E-state index in [1.165, 1.54) is 18.2 Å². The van der Waals surface area contributed by atoms with Crippen LogP contribution in [-0.4, -0.2) is 54.7 Å². The van der Waals surface area contributed by atoms with Gasteiger partial charge in [0, 0.05) is 26.6 Å². The molecule has 2 atom stereocenters. The number of hydrogen-bond acceptors (Lipinski definition) is 5. The fourth-order valence-corrected chi connectivity index (χ4v) is 3.15. The molecule has 0 spiro atoms. The summed E-state index contributed by atoms with van der Waals surface area (Å²) in [4.78, 5) is 12.7. The average Bonchev–Trinajstić information content (AvgIpc) is 2.92. The smallest absolute Gasteiger partial charge is 0.220 e. The molecule has 0 radical (unpaired) electrons. The number of hydrogen-bond donors (Lipinski definition) is 2. The minimum absolute atomic E-state index is 0.0361. The van der Waals surface area contributed by atoms with Gasteiger partial charge in [-0.25, -0.2) is 0 Å². The van der Waals surface area contributed by atoms with Gasteiger partial charge in [-0.15, -0.1) is 0 Å². The quantitative estimate of drug-likeness (QED) is 0.543. The molecule has 29 heavy (non-hydrogen) atoms. The molecule has 2 aliphatic rings. The lowest BCUT2D eigenvalue weighted by Crippen LogP contribution is -2.46. The highest BCUT2D eigenvalue weighted by molar-refractivity contribution is 5.76. The molecule has 6 heteroatoms. The minimum Gasteiger partial charge on any atom is -0.486 e. The van der Waals surface area contributed by atoms with Crippen molar-refractivity contribution in [2.24, 2.45) is 0 Å². The number of amides is 1. The number of aliphatic hydroxyl groups is 1. The average molecular weight is 415 g/mol. The molecule has 1 aromatic carbocycles. The zero-order valence-corrected chi connectivity index (χ0v) is 16.7. The van der Waals surface area contributed by atoms with Crippen molar-refractivity contribution in [3.63, 3.8) is 0 Å². The SMILES string of the molecule is [2H]C([2H])([C@@H](NC(=O)CCCCCCC)[C@H](O)c1ccc2c(c1)OCCO2)N1C([2H])([2H])C([2H])([2H])C([2H])([2H])C1([2H])[2H]. The van der Waals surface area contributed by atoms with E-state index < -0.39 is 50.3 Å². The lowest BCUT2D eigenvalue weighted by molar-refractivity contribution is -0.123. The summed E-state index contributed by atoms with van der Waals surface area (Å²) in [7, 11) is 0. The summed E-state index contributed by atoms with van der Waals surface area (Å²) < 4.78 is 94.0. The highest BCUT2D eigenvalue weighted by Crippen LogP contribution is 2.33. The van der Waals surface area contributed by atoms with Gasteiger partial charge in [-0.2, -0.15) is 0 Å². The van der Waals surface area contributed by atoms with Crippen LogP contribution in [0.4, 0.5) is 0 Å². The summed E-state index contributed by atoms with van der Waals surface area (Å²) >= 11 is 0. The summed E-state index contributed by atoms with van der Waals surface area (Å²) in [5, 5.41) is 13.7. The molecule has 1 saturated heterocycles. The fourth-order valence-electron chi connectivity index (χ4n) is 3.15. The van der Waals surface area contributed by atoms with E-state index in [1.54, 1.807) is 0 Å². The molecular formula is C23H36N2O4. The molecule has 1 fully saturated rings. The van der Waals surface area contributed by atoms with Gasteiger partial charge in [0.05, 0.1) is 6.04 Å². The molecule has 0 aliphatic carbocycles. The predicted molar refractivity (Wildman–Crippen MR) is 113 cm³/mol. The lowest BCUT2D eigenvalue weighted by atomic mass is 10.0. The van der Waals surface area contributed by atoms with E-state index in [4.69, 9.17) is 23.2 Å². The first-order valence-corrected chi connectivity index (χ1v) is 10.1. The summed E-state index contributed by atoms with van der Waals surface area (Å²) in [6, 6.07) is 2.20. The number of nitrogens with zero attached hydrogens (tertiary/aromatic N) is 1. The second kappa shape index (κ2) is 11.4. The largest absolute Gasteiger partial charge is 0.486 e. The molecule has 0 bridgehead atoms. The molecule has 2 heterocycles. The van der Waals surface area contributed by atoms with Crippen LogP contribution in [-0.2, 0) is 4.79 Å². The summed E-state index contributed by atoms with van der Waals surface area (Å²) in [6.45, 7) is -7.78. The number of ether oxygens (including phenoxy) is 2. The Morgan fingerprint density at radius 1 is 1.21 bits per heavy atom. The maximum atomic E-state index is 12.9. The Morgan fingerprint density at radius 3 is 2.69 bits per heavy atom. The number of rotatable bonds is 11. The topological polar surface area (TPSA) is 71.0 Å². The first-order valence-electron chi connectivity index (χ1n) is 15.1. The number of fused-ring (bicyclic) bond motifs is 1. The minimum atomic E-state index is -3.51. The third kappa shape index (κ3) is 6.61. The van der Waals surface area contributed by atoms with Crippen LogP contribution in [0, 0.1) is 0 Å². The molecule has 2 N–H and O–H groups in total. The van der Waals surface area contributed by atoms with E-state index in [-0.39, 0.29) is 29.2 Å². The number of unbranched alkanes of at least 4 members (excludes halogenated alkanes) is 4. The van der Waals surface area contributed by atoms with E-state index >= 15 is 0 Å². The molecule has 0 aromatic heterocycles. The molecule has 3 rings (SSSR count). The number of carbonyl (C=O) groups excluding carboxylic acids is 1. The third-order valence-electron chi connectivity index (χ3n) is 4.71. The van der Waals surface area contributed by atoms with E-state index in [9.17, 15) is 9.90 Å². The van der Waals surface area contributed by atoms with Gasteiger partial charge in [0.2, 0.25) is 5.91 Å². The van der Waals surface area contributed by atoms with E-state index in [0.29, 0.717) is 18.8 Å². The summed E-state index contributed by atoms with van der Waals surface area (Å²) in [5.41, 5.74) is 0.0442. The molecular weight excluding hydrogens is 368 g/mol. The zero-order valence-electron chi connectivity index (χ0n) is 26.7. The standard InChI is InChI=1S/C23H36N2O4/c1-2-3-4-5-6-9-22(26)24-19(17-25-12-7-8-13-25)23(27)18-10-11-20-21(16-18)29-15-14-28-20/h10-11,16,19,23,27H,2-9,12-15,17H2,1H3,(H,24,26)/t19-,23-/m1/s1/i7D2,8D2,12D2,13D2,17D2. The maximum absolute atomic E-state index is 12.9. The molecule has 0 saturated carbocycles. The number of nitrogens with one attached hydrogen (secondary N) is 1. The normalized spacial score (nSPS) is 31.0. The van der Waals surface area contributed by atoms with Gasteiger partial charge in [0.25, 0.3) is 0 Å². The first-order chi connectivity index (χ1) is 17.9. The van der Waals surface area contributed by atoms with Gasteiger partial charge in [0.1, 0.15) is 19.3 Å². The number of likely N-dealkylation sites (tertiary alicyclic amines) is 1. The zero-order chi connectivity index (χ0) is 29.4. The monoisotopic (exact) mass is 414 g/mol. The van der Waals surface area contributed by atoms with Gasteiger partial charge in [-0.1, -0.05) is 38.7 Å². The van der Waals surface area contributed by atoms with Crippen LogP contribution in [0.5, 0.6) is 11.5 Å². The summed E-state index contributed by atoms with van der Waals surface area (Å²) in [6.07, 6.45) is -4.82. The van der Waals surface area contributed by atoms with Gasteiger partial charge >= 0.3 is 0 Å². The molecule has 162 valence electrons. The van der Waals surface area contributed by atoms with Crippen LogP contribution in [0.25, 0.3) is 0 Å². The Morgan fingerprint density at radius 2 is 1.93 bits per heavy atom. The van der Waals surface area contributed by atoms with Crippen LogP contribution in [0.2, 0.25) is 0 Å². The van der Waals surface area contributed by atoms with Gasteiger partial charge in [-0.05, 0) is 49.9 Å². The van der Waals surface area contributed by atoms with E-state index in [0.717, 1.165) is 25.7 Å². The number of aliphatic hydroxyl groups excluding tert-OH is 1. The van der Waals surface area contributed by atoms with Crippen molar-refractivity contribution in [3.8, 4) is 11.5 Å².